The van der Waals surface area contributed by atoms with Gasteiger partial charge in [-0.15, -0.1) is 11.3 Å². The smallest absolute Gasteiger partial charge is 0.311 e. The van der Waals surface area contributed by atoms with Crippen molar-refractivity contribution in [3.63, 3.8) is 0 Å². The first-order valence-corrected chi connectivity index (χ1v) is 8.55. The number of rotatable bonds is 5. The molecule has 2 heterocycles. The van der Waals surface area contributed by atoms with Crippen molar-refractivity contribution in [1.82, 2.24) is 10.2 Å². The zero-order valence-corrected chi connectivity index (χ0v) is 14.3. The number of nitrogens with zero attached hydrogens (tertiary/aromatic N) is 1. The van der Waals surface area contributed by atoms with E-state index in [2.05, 4.69) is 10.2 Å². The zero-order chi connectivity index (χ0) is 16.2. The predicted molar refractivity (Wildman–Crippen MR) is 86.7 cm³/mol. The van der Waals surface area contributed by atoms with Gasteiger partial charge in [0.1, 0.15) is 13.3 Å². The normalized spacial score (nSPS) is 20.1. The maximum Gasteiger partial charge on any atom is 0.311 e. The van der Waals surface area contributed by atoms with E-state index in [9.17, 15) is 9.18 Å². The molecule has 0 spiro atoms. The molecule has 1 aromatic rings. The average Bonchev–Trinajstić information content (AvgIpc) is 2.95. The lowest BCUT2D eigenvalue weighted by molar-refractivity contribution is -0.153. The van der Waals surface area contributed by atoms with E-state index in [-0.39, 0.29) is 12.0 Å². The number of alkyl halides is 1. The summed E-state index contributed by atoms with van der Waals surface area (Å²) in [6.45, 7) is 8.76. The minimum absolute atomic E-state index is 0.160. The molecule has 0 saturated carbocycles. The molecule has 0 aliphatic carbocycles. The van der Waals surface area contributed by atoms with Crippen molar-refractivity contribution in [2.24, 2.45) is 5.41 Å². The first-order chi connectivity index (χ1) is 10.4. The van der Waals surface area contributed by atoms with Crippen LogP contribution in [-0.4, -0.2) is 43.7 Å². The van der Waals surface area contributed by atoms with Crippen LogP contribution in [0.3, 0.4) is 0 Å². The molecule has 1 unspecified atom stereocenters. The molecule has 0 bridgehead atoms. The van der Waals surface area contributed by atoms with Gasteiger partial charge in [0, 0.05) is 31.1 Å². The largest absolute Gasteiger partial charge is 0.464 e. The van der Waals surface area contributed by atoms with E-state index < -0.39 is 12.1 Å². The summed E-state index contributed by atoms with van der Waals surface area (Å²) in [6, 6.07) is 2.01. The molecular weight excluding hydrogens is 303 g/mol. The third kappa shape index (κ3) is 4.27. The number of piperazine rings is 1. The lowest BCUT2D eigenvalue weighted by atomic mass is 9.97. The van der Waals surface area contributed by atoms with Gasteiger partial charge in [-0.25, -0.2) is 4.39 Å². The third-order valence-corrected chi connectivity index (χ3v) is 4.87. The quantitative estimate of drug-likeness (QED) is 0.844. The molecule has 4 nitrogen and oxygen atoms in total. The maximum absolute atomic E-state index is 13.1. The minimum atomic E-state index is -0.474. The van der Waals surface area contributed by atoms with Gasteiger partial charge in [-0.2, -0.15) is 0 Å². The number of carbonyl (C=O) groups is 1. The topological polar surface area (TPSA) is 41.6 Å². The Labute approximate surface area is 135 Å². The second-order valence-corrected chi connectivity index (χ2v) is 7.53. The highest BCUT2D eigenvalue weighted by Gasteiger charge is 2.28. The Kier molecular flexibility index (Phi) is 5.94. The lowest BCUT2D eigenvalue weighted by Gasteiger charge is -2.36. The first kappa shape index (κ1) is 17.4. The number of hydrogen-bond acceptors (Lipinski definition) is 5. The number of hydrogen-bond donors (Lipinski definition) is 1. The summed E-state index contributed by atoms with van der Waals surface area (Å²) in [4.78, 5) is 15.2. The molecule has 1 saturated heterocycles. The van der Waals surface area contributed by atoms with Gasteiger partial charge < -0.3 is 10.1 Å². The van der Waals surface area contributed by atoms with Crippen molar-refractivity contribution < 1.29 is 13.9 Å². The second kappa shape index (κ2) is 7.53. The van der Waals surface area contributed by atoms with E-state index in [1.807, 2.05) is 32.2 Å². The Hall–Kier alpha value is -0.980. The summed E-state index contributed by atoms with van der Waals surface area (Å²) in [5.41, 5.74) is 0.299. The fourth-order valence-corrected chi connectivity index (χ4v) is 3.54. The number of nitrogens with one attached hydrogen (secondary N) is 1. The van der Waals surface area contributed by atoms with E-state index in [4.69, 9.17) is 4.74 Å². The highest BCUT2D eigenvalue weighted by Crippen LogP contribution is 2.30. The molecule has 0 aromatic carbocycles. The molecule has 2 rings (SSSR count). The molecule has 0 amide bonds. The first-order valence-electron chi connectivity index (χ1n) is 7.67. The van der Waals surface area contributed by atoms with Crippen LogP contribution in [0.25, 0.3) is 0 Å². The molecular formula is C16H25FN2O2S. The van der Waals surface area contributed by atoms with Crippen LogP contribution in [0, 0.1) is 5.41 Å². The average molecular weight is 328 g/mol. The van der Waals surface area contributed by atoms with E-state index in [0.29, 0.717) is 13.2 Å². The van der Waals surface area contributed by atoms with Crippen molar-refractivity contribution >= 4 is 17.3 Å². The summed E-state index contributed by atoms with van der Waals surface area (Å²) < 4.78 is 18.4. The molecule has 1 fully saturated rings. The van der Waals surface area contributed by atoms with Crippen LogP contribution >= 0.6 is 11.3 Å². The van der Waals surface area contributed by atoms with Crippen LogP contribution < -0.4 is 5.32 Å². The van der Waals surface area contributed by atoms with Crippen LogP contribution in [0.5, 0.6) is 0 Å². The van der Waals surface area contributed by atoms with E-state index >= 15 is 0 Å². The number of carbonyl (C=O) groups excluding carboxylic acids is 1. The van der Waals surface area contributed by atoms with Crippen LogP contribution in [0.15, 0.2) is 11.4 Å². The predicted octanol–water partition coefficient (Wildman–Crippen LogP) is 2.75. The number of esters is 1. The standard InChI is InChI=1S/C16H25FN2O2S/c1-16(2,3)15(20)21-8-7-19-6-5-18-11-13(19)14-12(10-17)4-9-22-14/h4,9,13,18H,5-8,10-11H2,1-3H3. The molecule has 1 atom stereocenters. The maximum atomic E-state index is 13.1. The number of thiophene rings is 1. The van der Waals surface area contributed by atoms with Gasteiger partial charge in [-0.1, -0.05) is 0 Å². The second-order valence-electron chi connectivity index (χ2n) is 6.59. The SMILES string of the molecule is CC(C)(C)C(=O)OCCN1CCNCC1c1sccc1CF. The molecule has 6 heteroatoms. The van der Waals surface area contributed by atoms with Crippen molar-refractivity contribution in [2.75, 3.05) is 32.8 Å². The van der Waals surface area contributed by atoms with Crippen molar-refractivity contribution in [2.45, 2.75) is 33.5 Å². The minimum Gasteiger partial charge on any atom is -0.464 e. The highest BCUT2D eigenvalue weighted by atomic mass is 32.1. The number of halogens is 1. The van der Waals surface area contributed by atoms with Crippen LogP contribution in [0.2, 0.25) is 0 Å². The Morgan fingerprint density at radius 3 is 3.00 bits per heavy atom. The van der Waals surface area contributed by atoms with Crippen molar-refractivity contribution in [1.29, 1.82) is 0 Å². The van der Waals surface area contributed by atoms with E-state index in [1.54, 1.807) is 11.3 Å². The molecule has 1 N–H and O–H groups in total. The fraction of sp³-hybridized carbons (Fsp3) is 0.688. The van der Waals surface area contributed by atoms with Crippen LogP contribution in [0.4, 0.5) is 4.39 Å². The lowest BCUT2D eigenvalue weighted by Crippen LogP contribution is -2.47. The van der Waals surface area contributed by atoms with Crippen LogP contribution in [-0.2, 0) is 16.2 Å². The molecule has 1 aliphatic heterocycles. The van der Waals surface area contributed by atoms with E-state index in [1.165, 1.54) is 0 Å². The van der Waals surface area contributed by atoms with Gasteiger partial charge in [0.15, 0.2) is 0 Å². The molecule has 1 aromatic heterocycles. The Bertz CT molecular complexity index is 499. The van der Waals surface area contributed by atoms with Crippen LogP contribution in [0.1, 0.15) is 37.3 Å². The van der Waals surface area contributed by atoms with Gasteiger partial charge in [0.25, 0.3) is 0 Å². The molecule has 1 aliphatic rings. The Morgan fingerprint density at radius 2 is 2.32 bits per heavy atom. The highest BCUT2D eigenvalue weighted by molar-refractivity contribution is 7.10. The van der Waals surface area contributed by atoms with Gasteiger partial charge in [-0.3, -0.25) is 9.69 Å². The molecule has 124 valence electrons. The fourth-order valence-electron chi connectivity index (χ4n) is 2.49. The summed E-state index contributed by atoms with van der Waals surface area (Å²) in [5, 5.41) is 5.30. The van der Waals surface area contributed by atoms with Gasteiger partial charge in [0.2, 0.25) is 0 Å². The third-order valence-electron chi connectivity index (χ3n) is 3.81. The summed E-state index contributed by atoms with van der Waals surface area (Å²) in [6.07, 6.45) is 0. The summed E-state index contributed by atoms with van der Waals surface area (Å²) in [5.74, 6) is -0.181. The zero-order valence-electron chi connectivity index (χ0n) is 13.5. The summed E-state index contributed by atoms with van der Waals surface area (Å²) in [7, 11) is 0. The van der Waals surface area contributed by atoms with Gasteiger partial charge >= 0.3 is 5.97 Å². The summed E-state index contributed by atoms with van der Waals surface area (Å²) >= 11 is 1.60. The van der Waals surface area contributed by atoms with Gasteiger partial charge in [-0.05, 0) is 37.8 Å². The van der Waals surface area contributed by atoms with Gasteiger partial charge in [0.05, 0.1) is 11.5 Å². The number of ether oxygens (including phenoxy) is 1. The Morgan fingerprint density at radius 1 is 1.55 bits per heavy atom. The van der Waals surface area contributed by atoms with Crippen molar-refractivity contribution in [3.05, 3.63) is 21.9 Å². The van der Waals surface area contributed by atoms with Crippen molar-refractivity contribution in [3.8, 4) is 0 Å². The van der Waals surface area contributed by atoms with E-state index in [0.717, 1.165) is 30.1 Å². The Balaban J connectivity index is 1.95. The monoisotopic (exact) mass is 328 g/mol. The molecule has 0 radical (unpaired) electrons. The molecule has 22 heavy (non-hydrogen) atoms.